The van der Waals surface area contributed by atoms with E-state index in [0.29, 0.717) is 0 Å². The number of hydrogen-bond acceptors (Lipinski definition) is 1. The van der Waals surface area contributed by atoms with Gasteiger partial charge in [0.1, 0.15) is 0 Å². The van der Waals surface area contributed by atoms with E-state index in [0.717, 1.165) is 5.69 Å². The molecule has 86 valence electrons. The van der Waals surface area contributed by atoms with Crippen LogP contribution in [0.4, 0.5) is 5.69 Å². The van der Waals surface area contributed by atoms with Gasteiger partial charge in [-0.05, 0) is 23.8 Å². The van der Waals surface area contributed by atoms with Crippen molar-refractivity contribution in [2.24, 2.45) is 4.99 Å². The highest BCUT2D eigenvalue weighted by molar-refractivity contribution is 5.85. The smallest absolute Gasteiger partial charge is 0.0629 e. The van der Waals surface area contributed by atoms with Crippen molar-refractivity contribution in [2.45, 2.75) is 0 Å². The molecule has 1 nitrogen and oxygen atoms in total. The van der Waals surface area contributed by atoms with Gasteiger partial charge in [0.15, 0.2) is 0 Å². The van der Waals surface area contributed by atoms with Crippen molar-refractivity contribution >= 4 is 30.4 Å². The minimum Gasteiger partial charge on any atom is -0.257 e. The van der Waals surface area contributed by atoms with E-state index >= 15 is 0 Å². The van der Waals surface area contributed by atoms with E-state index in [4.69, 9.17) is 0 Å². The molecule has 0 atom stereocenters. The summed E-state index contributed by atoms with van der Waals surface area (Å²) in [5.74, 6) is 0. The Morgan fingerprint density at radius 1 is 0.765 bits per heavy atom. The zero-order chi connectivity index (χ0) is 11.1. The normalized spacial score (nSPS) is 10.6. The molecule has 0 aliphatic carbocycles. The van der Waals surface area contributed by atoms with E-state index in [1.165, 1.54) is 5.56 Å². The molecule has 2 aromatic rings. The minimum atomic E-state index is 0. The third kappa shape index (κ3) is 4.66. The zero-order valence-corrected chi connectivity index (χ0v) is 10.2. The SMILES string of the molecule is C(/C=C/c1ccccc1)=Nc1ccccc1.Cl. The lowest BCUT2D eigenvalue weighted by Crippen LogP contribution is -1.69. The van der Waals surface area contributed by atoms with Gasteiger partial charge in [-0.25, -0.2) is 0 Å². The summed E-state index contributed by atoms with van der Waals surface area (Å²) in [6, 6.07) is 20.1. The fraction of sp³-hybridized carbons (Fsp3) is 0. The number of rotatable bonds is 3. The number of para-hydroxylation sites is 1. The highest BCUT2D eigenvalue weighted by atomic mass is 35.5. The number of benzene rings is 2. The molecular weight excluding hydrogens is 230 g/mol. The fourth-order valence-electron chi connectivity index (χ4n) is 1.36. The Balaban J connectivity index is 0.00000144. The molecule has 0 radical (unpaired) electrons. The Morgan fingerprint density at radius 2 is 1.35 bits per heavy atom. The second-order valence-electron chi connectivity index (χ2n) is 3.38. The highest BCUT2D eigenvalue weighted by Crippen LogP contribution is 2.08. The third-order valence-corrected chi connectivity index (χ3v) is 2.15. The molecule has 0 unspecified atom stereocenters. The molecule has 2 rings (SSSR count). The van der Waals surface area contributed by atoms with Crippen molar-refractivity contribution in [3.05, 3.63) is 72.3 Å². The van der Waals surface area contributed by atoms with Gasteiger partial charge in [0.25, 0.3) is 0 Å². The van der Waals surface area contributed by atoms with Gasteiger partial charge in [-0.2, -0.15) is 0 Å². The maximum Gasteiger partial charge on any atom is 0.0629 e. The Bertz CT molecular complexity index is 427. The van der Waals surface area contributed by atoms with Gasteiger partial charge in [0.2, 0.25) is 0 Å². The summed E-state index contributed by atoms with van der Waals surface area (Å²) in [4.78, 5) is 4.31. The average Bonchev–Trinajstić information content (AvgIpc) is 2.37. The number of halogens is 1. The molecule has 0 aromatic heterocycles. The van der Waals surface area contributed by atoms with E-state index in [1.54, 1.807) is 0 Å². The van der Waals surface area contributed by atoms with Crippen molar-refractivity contribution < 1.29 is 0 Å². The van der Waals surface area contributed by atoms with Crippen LogP contribution in [-0.2, 0) is 0 Å². The van der Waals surface area contributed by atoms with Crippen LogP contribution < -0.4 is 0 Å². The minimum absolute atomic E-state index is 0. The Labute approximate surface area is 108 Å². The summed E-state index contributed by atoms with van der Waals surface area (Å²) in [5, 5.41) is 0. The van der Waals surface area contributed by atoms with Gasteiger partial charge >= 0.3 is 0 Å². The number of aliphatic imine (C=N–C) groups is 1. The Morgan fingerprint density at radius 3 is 2.00 bits per heavy atom. The van der Waals surface area contributed by atoms with Crippen LogP contribution in [0, 0.1) is 0 Å². The van der Waals surface area contributed by atoms with E-state index in [-0.39, 0.29) is 12.4 Å². The Kier molecular flexibility index (Phi) is 5.76. The van der Waals surface area contributed by atoms with E-state index < -0.39 is 0 Å². The molecule has 2 heteroatoms. The summed E-state index contributed by atoms with van der Waals surface area (Å²) in [6.07, 6.45) is 5.79. The van der Waals surface area contributed by atoms with Gasteiger partial charge in [0, 0.05) is 6.21 Å². The lowest BCUT2D eigenvalue weighted by atomic mass is 10.2. The van der Waals surface area contributed by atoms with Crippen molar-refractivity contribution in [1.29, 1.82) is 0 Å². The first kappa shape index (κ1) is 13.2. The molecule has 0 aliphatic rings. The predicted molar refractivity (Wildman–Crippen MR) is 77.3 cm³/mol. The van der Waals surface area contributed by atoms with Crippen molar-refractivity contribution in [3.8, 4) is 0 Å². The van der Waals surface area contributed by atoms with Crippen LogP contribution in [0.2, 0.25) is 0 Å². The lowest BCUT2D eigenvalue weighted by Gasteiger charge is -1.90. The summed E-state index contributed by atoms with van der Waals surface area (Å²) in [7, 11) is 0. The molecule has 0 heterocycles. The second-order valence-corrected chi connectivity index (χ2v) is 3.38. The largest absolute Gasteiger partial charge is 0.257 e. The van der Waals surface area contributed by atoms with E-state index in [9.17, 15) is 0 Å². The molecule has 0 N–H and O–H groups in total. The fourth-order valence-corrected chi connectivity index (χ4v) is 1.36. The van der Waals surface area contributed by atoms with Gasteiger partial charge in [-0.3, -0.25) is 4.99 Å². The van der Waals surface area contributed by atoms with Crippen LogP contribution in [-0.4, -0.2) is 6.21 Å². The van der Waals surface area contributed by atoms with Gasteiger partial charge < -0.3 is 0 Å². The molecule has 0 saturated carbocycles. The maximum absolute atomic E-state index is 4.31. The molecule has 0 saturated heterocycles. The molecule has 0 spiro atoms. The highest BCUT2D eigenvalue weighted by Gasteiger charge is 1.82. The van der Waals surface area contributed by atoms with Crippen molar-refractivity contribution in [3.63, 3.8) is 0 Å². The number of nitrogens with zero attached hydrogens (tertiary/aromatic N) is 1. The zero-order valence-electron chi connectivity index (χ0n) is 9.36. The van der Waals surface area contributed by atoms with Crippen LogP contribution in [0.3, 0.4) is 0 Å². The first-order chi connectivity index (χ1) is 7.95. The Hall–Kier alpha value is -1.86. The van der Waals surface area contributed by atoms with Gasteiger partial charge in [-0.15, -0.1) is 12.4 Å². The number of allylic oxidation sites excluding steroid dienone is 1. The first-order valence-electron chi connectivity index (χ1n) is 5.26. The first-order valence-corrected chi connectivity index (χ1v) is 5.26. The van der Waals surface area contributed by atoms with Crippen molar-refractivity contribution in [1.82, 2.24) is 0 Å². The van der Waals surface area contributed by atoms with Crippen LogP contribution in [0.1, 0.15) is 5.56 Å². The third-order valence-electron chi connectivity index (χ3n) is 2.15. The van der Waals surface area contributed by atoms with Crippen LogP contribution in [0.5, 0.6) is 0 Å². The van der Waals surface area contributed by atoms with Gasteiger partial charge in [-0.1, -0.05) is 54.6 Å². The van der Waals surface area contributed by atoms with Crippen LogP contribution in [0.25, 0.3) is 6.08 Å². The molecule has 2 aromatic carbocycles. The van der Waals surface area contributed by atoms with Crippen LogP contribution >= 0.6 is 12.4 Å². The van der Waals surface area contributed by atoms with Gasteiger partial charge in [0.05, 0.1) is 5.69 Å². The second kappa shape index (κ2) is 7.42. The lowest BCUT2D eigenvalue weighted by molar-refractivity contribution is 1.54. The molecular formula is C15H14ClN. The molecule has 0 aliphatic heterocycles. The van der Waals surface area contributed by atoms with E-state index in [1.807, 2.05) is 66.9 Å². The summed E-state index contributed by atoms with van der Waals surface area (Å²) in [5.41, 5.74) is 2.15. The molecule has 17 heavy (non-hydrogen) atoms. The number of hydrogen-bond donors (Lipinski definition) is 0. The quantitative estimate of drug-likeness (QED) is 0.703. The standard InChI is InChI=1S/C15H13N.ClH/c1-3-8-14(9-4-1)10-7-13-16-15-11-5-2-6-12-15;/h1-13H;1H/b10-7+,16-13?;. The average molecular weight is 244 g/mol. The van der Waals surface area contributed by atoms with Crippen LogP contribution in [0.15, 0.2) is 71.7 Å². The predicted octanol–water partition coefficient (Wildman–Crippen LogP) is 4.52. The van der Waals surface area contributed by atoms with E-state index in [2.05, 4.69) is 17.1 Å². The molecule has 0 amide bonds. The monoisotopic (exact) mass is 243 g/mol. The summed E-state index contributed by atoms with van der Waals surface area (Å²) < 4.78 is 0. The summed E-state index contributed by atoms with van der Waals surface area (Å²) in [6.45, 7) is 0. The molecule has 0 fully saturated rings. The van der Waals surface area contributed by atoms with Crippen molar-refractivity contribution in [2.75, 3.05) is 0 Å². The topological polar surface area (TPSA) is 12.4 Å². The maximum atomic E-state index is 4.31. The summed E-state index contributed by atoms with van der Waals surface area (Å²) >= 11 is 0. The molecule has 0 bridgehead atoms.